The second-order valence-electron chi connectivity index (χ2n) is 8.11. The van der Waals surface area contributed by atoms with Gasteiger partial charge in [-0.25, -0.2) is 0 Å². The molecule has 0 saturated carbocycles. The molecule has 0 aliphatic carbocycles. The zero-order valence-corrected chi connectivity index (χ0v) is 15.7. The number of aliphatic hydroxyl groups is 1. The first kappa shape index (κ1) is 17.7. The Morgan fingerprint density at radius 1 is 0.962 bits per heavy atom. The van der Waals surface area contributed by atoms with Crippen LogP contribution < -0.4 is 0 Å². The molecule has 0 spiro atoms. The summed E-state index contributed by atoms with van der Waals surface area (Å²) in [6.07, 6.45) is 1.86. The second-order valence-corrected chi connectivity index (χ2v) is 8.11. The lowest BCUT2D eigenvalue weighted by atomic mass is 9.95. The summed E-state index contributed by atoms with van der Waals surface area (Å²) in [7, 11) is 0. The van der Waals surface area contributed by atoms with Crippen molar-refractivity contribution in [3.05, 3.63) is 71.8 Å². The van der Waals surface area contributed by atoms with E-state index in [4.69, 9.17) is 0 Å². The van der Waals surface area contributed by atoms with E-state index in [2.05, 4.69) is 77.4 Å². The van der Waals surface area contributed by atoms with Crippen molar-refractivity contribution in [2.75, 3.05) is 26.2 Å². The summed E-state index contributed by atoms with van der Waals surface area (Å²) >= 11 is 0. The minimum atomic E-state index is -0.149. The number of hydrogen-bond donors (Lipinski definition) is 1. The molecule has 2 heterocycles. The van der Waals surface area contributed by atoms with Crippen LogP contribution in [0.25, 0.3) is 0 Å². The number of hydrogen-bond acceptors (Lipinski definition) is 3. The summed E-state index contributed by atoms with van der Waals surface area (Å²) in [5, 5.41) is 10.1. The third-order valence-corrected chi connectivity index (χ3v) is 6.10. The molecule has 2 aliphatic rings. The van der Waals surface area contributed by atoms with Gasteiger partial charge in [0.15, 0.2) is 0 Å². The smallest absolute Gasteiger partial charge is 0.0682 e. The molecule has 2 aromatic carbocycles. The van der Waals surface area contributed by atoms with E-state index in [0.717, 1.165) is 39.0 Å². The van der Waals surface area contributed by atoms with Crippen LogP contribution in [-0.4, -0.2) is 59.3 Å². The standard InChI is InChI=1S/C23H30N2O/c1-18(20-10-6-3-7-11-20)14-24-16-22-13-23(26)17-25(22)15-21(24)12-19-8-4-2-5-9-19/h2-11,18,21-23,26H,12-17H2,1H3/t18?,21-,22-,23+/m0/s1. The Morgan fingerprint density at radius 2 is 1.65 bits per heavy atom. The SMILES string of the molecule is CC(CN1C[C@@H]2C[C@@H](O)CN2C[C@@H]1Cc1ccccc1)c1ccccc1. The zero-order valence-electron chi connectivity index (χ0n) is 15.7. The van der Waals surface area contributed by atoms with E-state index in [0.29, 0.717) is 18.0 Å². The number of piperazine rings is 1. The second kappa shape index (κ2) is 7.91. The van der Waals surface area contributed by atoms with Crippen molar-refractivity contribution in [3.8, 4) is 0 Å². The largest absolute Gasteiger partial charge is 0.392 e. The molecule has 2 saturated heterocycles. The first-order valence-electron chi connectivity index (χ1n) is 9.94. The van der Waals surface area contributed by atoms with Gasteiger partial charge in [0.2, 0.25) is 0 Å². The molecule has 0 bridgehead atoms. The quantitative estimate of drug-likeness (QED) is 0.897. The fourth-order valence-electron chi connectivity index (χ4n) is 4.72. The first-order chi connectivity index (χ1) is 12.7. The van der Waals surface area contributed by atoms with Crippen molar-refractivity contribution in [3.63, 3.8) is 0 Å². The molecule has 2 aromatic rings. The van der Waals surface area contributed by atoms with E-state index >= 15 is 0 Å². The lowest BCUT2D eigenvalue weighted by Crippen LogP contribution is -2.57. The van der Waals surface area contributed by atoms with Crippen molar-refractivity contribution >= 4 is 0 Å². The lowest BCUT2D eigenvalue weighted by Gasteiger charge is -2.44. The first-order valence-corrected chi connectivity index (χ1v) is 9.94. The van der Waals surface area contributed by atoms with Gasteiger partial charge in [0.25, 0.3) is 0 Å². The molecule has 2 fully saturated rings. The van der Waals surface area contributed by atoms with Gasteiger partial charge >= 0.3 is 0 Å². The van der Waals surface area contributed by atoms with Gasteiger partial charge in [-0.1, -0.05) is 67.6 Å². The van der Waals surface area contributed by atoms with Crippen molar-refractivity contribution < 1.29 is 5.11 Å². The number of fused-ring (bicyclic) bond motifs is 1. The summed E-state index contributed by atoms with van der Waals surface area (Å²) in [4.78, 5) is 5.20. The summed E-state index contributed by atoms with van der Waals surface area (Å²) in [6, 6.07) is 22.7. The molecule has 1 unspecified atom stereocenters. The monoisotopic (exact) mass is 350 g/mol. The number of rotatable bonds is 5. The van der Waals surface area contributed by atoms with Gasteiger partial charge in [0, 0.05) is 38.3 Å². The van der Waals surface area contributed by atoms with Crippen molar-refractivity contribution in [2.24, 2.45) is 0 Å². The fraction of sp³-hybridized carbons (Fsp3) is 0.478. The van der Waals surface area contributed by atoms with Crippen LogP contribution in [0.15, 0.2) is 60.7 Å². The summed E-state index contributed by atoms with van der Waals surface area (Å²) in [5.41, 5.74) is 2.83. The minimum Gasteiger partial charge on any atom is -0.392 e. The summed E-state index contributed by atoms with van der Waals surface area (Å²) in [5.74, 6) is 0.521. The molecule has 3 heteroatoms. The highest BCUT2D eigenvalue weighted by atomic mass is 16.3. The molecule has 138 valence electrons. The Bertz CT molecular complexity index is 690. The van der Waals surface area contributed by atoms with Crippen LogP contribution in [0, 0.1) is 0 Å². The van der Waals surface area contributed by atoms with Crippen LogP contribution in [0.3, 0.4) is 0 Å². The average Bonchev–Trinajstić information content (AvgIpc) is 3.02. The Kier molecular flexibility index (Phi) is 5.39. The van der Waals surface area contributed by atoms with Crippen LogP contribution in [0.1, 0.15) is 30.4 Å². The molecule has 4 rings (SSSR count). The van der Waals surface area contributed by atoms with E-state index in [-0.39, 0.29) is 6.10 Å². The van der Waals surface area contributed by atoms with Crippen LogP contribution >= 0.6 is 0 Å². The van der Waals surface area contributed by atoms with E-state index in [1.165, 1.54) is 11.1 Å². The predicted molar refractivity (Wildman–Crippen MR) is 106 cm³/mol. The van der Waals surface area contributed by atoms with Crippen LogP contribution in [0.4, 0.5) is 0 Å². The Balaban J connectivity index is 1.50. The van der Waals surface area contributed by atoms with Crippen molar-refractivity contribution in [2.45, 2.75) is 43.9 Å². The maximum Gasteiger partial charge on any atom is 0.0682 e. The number of aliphatic hydroxyl groups excluding tert-OH is 1. The van der Waals surface area contributed by atoms with Gasteiger partial charge in [-0.3, -0.25) is 9.80 Å². The molecular formula is C23H30N2O. The van der Waals surface area contributed by atoms with Crippen molar-refractivity contribution in [1.29, 1.82) is 0 Å². The molecule has 0 amide bonds. The van der Waals surface area contributed by atoms with E-state index in [1.807, 2.05) is 0 Å². The van der Waals surface area contributed by atoms with Crippen LogP contribution in [0.5, 0.6) is 0 Å². The molecule has 4 atom stereocenters. The van der Waals surface area contributed by atoms with E-state index in [1.54, 1.807) is 0 Å². The van der Waals surface area contributed by atoms with Crippen molar-refractivity contribution in [1.82, 2.24) is 9.80 Å². The zero-order chi connectivity index (χ0) is 17.9. The molecule has 3 nitrogen and oxygen atoms in total. The normalized spacial score (nSPS) is 28.0. The molecule has 1 N–H and O–H groups in total. The van der Waals surface area contributed by atoms with Gasteiger partial charge in [0.1, 0.15) is 0 Å². The van der Waals surface area contributed by atoms with Crippen LogP contribution in [0.2, 0.25) is 0 Å². The maximum absolute atomic E-state index is 10.1. The molecular weight excluding hydrogens is 320 g/mol. The summed E-state index contributed by atoms with van der Waals surface area (Å²) in [6.45, 7) is 6.41. The third kappa shape index (κ3) is 4.01. The van der Waals surface area contributed by atoms with E-state index in [9.17, 15) is 5.11 Å². The molecule has 0 radical (unpaired) electrons. The third-order valence-electron chi connectivity index (χ3n) is 6.10. The highest BCUT2D eigenvalue weighted by Gasteiger charge is 2.39. The fourth-order valence-corrected chi connectivity index (χ4v) is 4.72. The highest BCUT2D eigenvalue weighted by Crippen LogP contribution is 2.28. The minimum absolute atomic E-state index is 0.149. The van der Waals surface area contributed by atoms with Gasteiger partial charge < -0.3 is 5.11 Å². The number of benzene rings is 2. The summed E-state index contributed by atoms with van der Waals surface area (Å²) < 4.78 is 0. The van der Waals surface area contributed by atoms with Gasteiger partial charge in [-0.05, 0) is 29.9 Å². The molecule has 26 heavy (non-hydrogen) atoms. The lowest BCUT2D eigenvalue weighted by molar-refractivity contribution is 0.0466. The Morgan fingerprint density at radius 3 is 2.38 bits per heavy atom. The average molecular weight is 351 g/mol. The predicted octanol–water partition coefficient (Wildman–Crippen LogP) is 3.15. The van der Waals surface area contributed by atoms with Gasteiger partial charge in [0.05, 0.1) is 6.10 Å². The molecule has 0 aromatic heterocycles. The Labute approximate surface area is 157 Å². The highest BCUT2D eigenvalue weighted by molar-refractivity contribution is 5.20. The van der Waals surface area contributed by atoms with Gasteiger partial charge in [-0.2, -0.15) is 0 Å². The van der Waals surface area contributed by atoms with Crippen LogP contribution in [-0.2, 0) is 6.42 Å². The maximum atomic E-state index is 10.1. The van der Waals surface area contributed by atoms with Gasteiger partial charge in [-0.15, -0.1) is 0 Å². The topological polar surface area (TPSA) is 26.7 Å². The number of nitrogens with zero attached hydrogens (tertiary/aromatic N) is 2. The Hall–Kier alpha value is -1.68. The van der Waals surface area contributed by atoms with E-state index < -0.39 is 0 Å². The molecule has 2 aliphatic heterocycles.